The maximum atomic E-state index is 11.9. The van der Waals surface area contributed by atoms with Gasteiger partial charge in [0.2, 0.25) is 0 Å². The van der Waals surface area contributed by atoms with Gasteiger partial charge < -0.3 is 9.47 Å². The Hall–Kier alpha value is -0.810. The third-order valence-corrected chi connectivity index (χ3v) is 3.18. The van der Waals surface area contributed by atoms with E-state index in [1.165, 1.54) is 0 Å². The van der Waals surface area contributed by atoms with Gasteiger partial charge in [0.25, 0.3) is 0 Å². The molecule has 0 bridgehead atoms. The van der Waals surface area contributed by atoms with Gasteiger partial charge in [-0.05, 0) is 12.8 Å². The number of carbonyl (C=O) groups is 1. The summed E-state index contributed by atoms with van der Waals surface area (Å²) < 4.78 is 11.6. The lowest BCUT2D eigenvalue weighted by Crippen LogP contribution is -2.39. The Bertz CT molecular complexity index is 237. The minimum atomic E-state index is -0.286. The molecule has 1 fully saturated rings. The largest absolute Gasteiger partial charge is 0.353 e. The average Bonchev–Trinajstić information content (AvgIpc) is 2.56. The Kier molecular flexibility index (Phi) is 6.43. The molecule has 1 aliphatic rings. The molecule has 2 atom stereocenters. The van der Waals surface area contributed by atoms with Gasteiger partial charge in [0.15, 0.2) is 12.5 Å². The van der Waals surface area contributed by atoms with Crippen LogP contribution in [0.25, 0.3) is 0 Å². The van der Waals surface area contributed by atoms with Crippen LogP contribution in [-0.4, -0.2) is 55.6 Å². The number of rotatable bonds is 8. The number of unbranched alkanes of at least 4 members (excludes halogenated alkanes) is 2. The summed E-state index contributed by atoms with van der Waals surface area (Å²) in [5.41, 5.74) is 0. The van der Waals surface area contributed by atoms with Crippen LogP contribution < -0.4 is 0 Å². The van der Waals surface area contributed by atoms with Gasteiger partial charge >= 0.3 is 6.03 Å². The Labute approximate surface area is 110 Å². The fourth-order valence-corrected chi connectivity index (χ4v) is 1.93. The summed E-state index contributed by atoms with van der Waals surface area (Å²) in [7, 11) is 3.53. The molecule has 0 radical (unpaired) electrons. The number of nitrogens with zero attached hydrogens (tertiary/aromatic N) is 2. The normalized spacial score (nSPS) is 24.1. The summed E-state index contributed by atoms with van der Waals surface area (Å²) in [6.07, 6.45) is 3.61. The van der Waals surface area contributed by atoms with Crippen molar-refractivity contribution < 1.29 is 14.3 Å². The number of likely N-dealkylation sites (N-methyl/N-ethyl adjacent to an activating group) is 2. The van der Waals surface area contributed by atoms with Crippen LogP contribution in [-0.2, 0) is 9.47 Å². The van der Waals surface area contributed by atoms with E-state index in [2.05, 4.69) is 13.8 Å². The van der Waals surface area contributed by atoms with Gasteiger partial charge in [-0.3, -0.25) is 9.80 Å². The molecule has 18 heavy (non-hydrogen) atoms. The van der Waals surface area contributed by atoms with Crippen molar-refractivity contribution in [2.45, 2.75) is 52.0 Å². The Morgan fingerprint density at radius 2 is 1.33 bits per heavy atom. The van der Waals surface area contributed by atoms with E-state index in [0.717, 1.165) is 25.7 Å². The first-order valence-corrected chi connectivity index (χ1v) is 6.86. The van der Waals surface area contributed by atoms with Crippen LogP contribution in [0.4, 0.5) is 4.79 Å². The summed E-state index contributed by atoms with van der Waals surface area (Å²) in [6, 6.07) is -0.0435. The third-order valence-electron chi connectivity index (χ3n) is 3.18. The van der Waals surface area contributed by atoms with E-state index < -0.39 is 0 Å². The molecule has 0 saturated carbocycles. The first-order valence-electron chi connectivity index (χ1n) is 6.86. The summed E-state index contributed by atoms with van der Waals surface area (Å²) in [5, 5.41) is 0. The van der Waals surface area contributed by atoms with Crippen LogP contribution in [0.2, 0.25) is 0 Å². The lowest BCUT2D eigenvalue weighted by atomic mass is 10.3. The lowest BCUT2D eigenvalue weighted by Gasteiger charge is -2.25. The molecule has 1 aliphatic heterocycles. The maximum absolute atomic E-state index is 11.9. The molecule has 0 N–H and O–H groups in total. The second-order valence-electron chi connectivity index (χ2n) is 4.73. The zero-order chi connectivity index (χ0) is 13.5. The summed E-state index contributed by atoms with van der Waals surface area (Å²) in [6.45, 7) is 5.57. The fraction of sp³-hybridized carbons (Fsp3) is 0.923. The zero-order valence-electron chi connectivity index (χ0n) is 12.0. The Morgan fingerprint density at radius 3 is 1.67 bits per heavy atom. The SMILES string of the molecule is CCCCOC1C(OCCCC)N(C)C(=O)N1C. The third kappa shape index (κ3) is 3.59. The first kappa shape index (κ1) is 15.2. The van der Waals surface area contributed by atoms with Crippen LogP contribution in [0.15, 0.2) is 0 Å². The van der Waals surface area contributed by atoms with Crippen molar-refractivity contribution in [3.63, 3.8) is 0 Å². The van der Waals surface area contributed by atoms with E-state index in [9.17, 15) is 4.79 Å². The van der Waals surface area contributed by atoms with Crippen LogP contribution in [0.5, 0.6) is 0 Å². The van der Waals surface area contributed by atoms with E-state index in [1.807, 2.05) is 0 Å². The molecular formula is C13H26N2O3. The number of hydrogen-bond donors (Lipinski definition) is 0. The Balaban J connectivity index is 2.54. The van der Waals surface area contributed by atoms with Crippen LogP contribution in [0, 0.1) is 0 Å². The number of urea groups is 1. The number of hydrogen-bond acceptors (Lipinski definition) is 3. The smallest absolute Gasteiger partial charge is 0.323 e. The lowest BCUT2D eigenvalue weighted by molar-refractivity contribution is -0.129. The van der Waals surface area contributed by atoms with E-state index in [-0.39, 0.29) is 18.5 Å². The zero-order valence-corrected chi connectivity index (χ0v) is 12.0. The van der Waals surface area contributed by atoms with E-state index in [4.69, 9.17) is 9.47 Å². The van der Waals surface area contributed by atoms with Gasteiger partial charge in [-0.25, -0.2) is 4.79 Å². The van der Waals surface area contributed by atoms with Gasteiger partial charge in [0.1, 0.15) is 0 Å². The van der Waals surface area contributed by atoms with Crippen LogP contribution in [0.1, 0.15) is 39.5 Å². The van der Waals surface area contributed by atoms with Crippen molar-refractivity contribution in [1.29, 1.82) is 0 Å². The molecule has 106 valence electrons. The molecule has 0 spiro atoms. The summed E-state index contributed by atoms with van der Waals surface area (Å²) in [5.74, 6) is 0. The van der Waals surface area contributed by atoms with Gasteiger partial charge in [0, 0.05) is 27.3 Å². The second kappa shape index (κ2) is 7.59. The van der Waals surface area contributed by atoms with Gasteiger partial charge in [-0.15, -0.1) is 0 Å². The molecule has 2 amide bonds. The standard InChI is InChI=1S/C13H26N2O3/c1-5-7-9-17-11-12(18-10-8-6-2)15(4)13(16)14(11)3/h11-12H,5-10H2,1-4H3. The second-order valence-corrected chi connectivity index (χ2v) is 4.73. The number of amides is 2. The number of carbonyl (C=O) groups excluding carboxylic acids is 1. The molecule has 5 nitrogen and oxygen atoms in total. The molecule has 1 rings (SSSR count). The molecule has 0 aromatic rings. The average molecular weight is 258 g/mol. The van der Waals surface area contributed by atoms with Gasteiger partial charge in [-0.2, -0.15) is 0 Å². The summed E-state index contributed by atoms with van der Waals surface area (Å²) in [4.78, 5) is 15.1. The van der Waals surface area contributed by atoms with E-state index in [1.54, 1.807) is 23.9 Å². The highest BCUT2D eigenvalue weighted by Gasteiger charge is 2.43. The predicted molar refractivity (Wildman–Crippen MR) is 70.2 cm³/mol. The van der Waals surface area contributed by atoms with Crippen molar-refractivity contribution in [3.05, 3.63) is 0 Å². The quantitative estimate of drug-likeness (QED) is 0.627. The molecule has 1 heterocycles. The highest BCUT2D eigenvalue weighted by Crippen LogP contribution is 2.22. The van der Waals surface area contributed by atoms with Gasteiger partial charge in [0.05, 0.1) is 0 Å². The molecule has 2 unspecified atom stereocenters. The molecular weight excluding hydrogens is 232 g/mol. The molecule has 0 aromatic heterocycles. The monoisotopic (exact) mass is 258 g/mol. The molecule has 0 aliphatic carbocycles. The minimum Gasteiger partial charge on any atom is -0.353 e. The van der Waals surface area contributed by atoms with Crippen LogP contribution >= 0.6 is 0 Å². The van der Waals surface area contributed by atoms with E-state index in [0.29, 0.717) is 13.2 Å². The van der Waals surface area contributed by atoms with Crippen molar-refractivity contribution in [2.75, 3.05) is 27.3 Å². The van der Waals surface area contributed by atoms with Crippen molar-refractivity contribution in [2.24, 2.45) is 0 Å². The topological polar surface area (TPSA) is 42.0 Å². The molecule has 1 saturated heterocycles. The van der Waals surface area contributed by atoms with E-state index >= 15 is 0 Å². The number of ether oxygens (including phenoxy) is 2. The fourth-order valence-electron chi connectivity index (χ4n) is 1.93. The maximum Gasteiger partial charge on any atom is 0.323 e. The predicted octanol–water partition coefficient (Wildman–Crippen LogP) is 2.27. The van der Waals surface area contributed by atoms with Crippen molar-refractivity contribution >= 4 is 6.03 Å². The molecule has 5 heteroatoms. The summed E-state index contributed by atoms with van der Waals surface area (Å²) >= 11 is 0. The van der Waals surface area contributed by atoms with Crippen molar-refractivity contribution in [3.8, 4) is 0 Å². The first-order chi connectivity index (χ1) is 8.63. The molecule has 0 aromatic carbocycles. The highest BCUT2D eigenvalue weighted by atomic mass is 16.6. The van der Waals surface area contributed by atoms with Crippen molar-refractivity contribution in [1.82, 2.24) is 9.80 Å². The minimum absolute atomic E-state index is 0.0435. The van der Waals surface area contributed by atoms with Gasteiger partial charge in [-0.1, -0.05) is 26.7 Å². The Morgan fingerprint density at radius 1 is 0.944 bits per heavy atom. The van der Waals surface area contributed by atoms with Crippen LogP contribution in [0.3, 0.4) is 0 Å². The highest BCUT2D eigenvalue weighted by molar-refractivity contribution is 5.76.